The van der Waals surface area contributed by atoms with E-state index in [1.807, 2.05) is 30.3 Å². The zero-order valence-corrected chi connectivity index (χ0v) is 13.3. The van der Waals surface area contributed by atoms with Crippen LogP contribution < -0.4 is 5.32 Å². The molecule has 2 aromatic carbocycles. The second-order valence-corrected chi connectivity index (χ2v) is 5.88. The van der Waals surface area contributed by atoms with Gasteiger partial charge in [0.2, 0.25) is 0 Å². The zero-order chi connectivity index (χ0) is 17.9. The molecular formula is C18H16N2O5. The third-order valence-electron chi connectivity index (χ3n) is 4.16. The number of rotatable bonds is 6. The number of ether oxygens (including phenoxy) is 1. The number of nitrogens with one attached hydrogen (secondary N) is 1. The Balaban J connectivity index is 1.54. The molecule has 0 bridgehead atoms. The topological polar surface area (TPSA) is 98.5 Å². The number of nitrogens with zero attached hydrogens (tertiary/aromatic N) is 1. The maximum atomic E-state index is 12.3. The van der Waals surface area contributed by atoms with Gasteiger partial charge in [-0.3, -0.25) is 19.7 Å². The van der Waals surface area contributed by atoms with Crippen molar-refractivity contribution < 1.29 is 19.2 Å². The molecule has 128 valence electrons. The second kappa shape index (κ2) is 6.72. The number of amides is 1. The van der Waals surface area contributed by atoms with E-state index in [0.29, 0.717) is 18.5 Å². The van der Waals surface area contributed by atoms with Gasteiger partial charge in [-0.25, -0.2) is 0 Å². The molecule has 2 aromatic rings. The molecule has 25 heavy (non-hydrogen) atoms. The predicted octanol–water partition coefficient (Wildman–Crippen LogP) is 2.81. The maximum absolute atomic E-state index is 12.3. The normalized spacial score (nSPS) is 14.4. The first-order valence-electron chi connectivity index (χ1n) is 7.78. The van der Waals surface area contributed by atoms with E-state index >= 15 is 0 Å². The van der Waals surface area contributed by atoms with Gasteiger partial charge < -0.3 is 10.1 Å². The van der Waals surface area contributed by atoms with E-state index in [0.717, 1.165) is 5.56 Å². The van der Waals surface area contributed by atoms with E-state index in [1.54, 1.807) is 0 Å². The van der Waals surface area contributed by atoms with Gasteiger partial charge in [0.05, 0.1) is 10.3 Å². The van der Waals surface area contributed by atoms with Crippen LogP contribution in [0, 0.1) is 10.1 Å². The Bertz CT molecular complexity index is 798. The maximum Gasteiger partial charge on any atom is 0.317 e. The van der Waals surface area contributed by atoms with Gasteiger partial charge in [0.15, 0.2) is 6.61 Å². The second-order valence-electron chi connectivity index (χ2n) is 5.88. The summed E-state index contributed by atoms with van der Waals surface area (Å²) in [4.78, 5) is 34.3. The molecule has 0 saturated heterocycles. The van der Waals surface area contributed by atoms with E-state index in [9.17, 15) is 19.7 Å². The molecule has 0 heterocycles. The van der Waals surface area contributed by atoms with Crippen molar-refractivity contribution in [3.05, 3.63) is 70.3 Å². The van der Waals surface area contributed by atoms with Gasteiger partial charge in [0.25, 0.3) is 11.6 Å². The fourth-order valence-corrected chi connectivity index (χ4v) is 2.63. The van der Waals surface area contributed by atoms with Crippen LogP contribution in [0.3, 0.4) is 0 Å². The molecule has 0 spiro atoms. The molecule has 1 N–H and O–H groups in total. The highest BCUT2D eigenvalue weighted by atomic mass is 16.6. The molecule has 3 rings (SSSR count). The van der Waals surface area contributed by atoms with Gasteiger partial charge in [-0.1, -0.05) is 30.3 Å². The van der Waals surface area contributed by atoms with Crippen LogP contribution in [0.4, 0.5) is 11.4 Å². The third-order valence-corrected chi connectivity index (χ3v) is 4.16. The number of benzene rings is 2. The average molecular weight is 340 g/mol. The number of nitro benzene ring substituents is 1. The lowest BCUT2D eigenvalue weighted by molar-refractivity contribution is -0.384. The van der Waals surface area contributed by atoms with Crippen molar-refractivity contribution >= 4 is 23.3 Å². The van der Waals surface area contributed by atoms with Crippen molar-refractivity contribution in [2.75, 3.05) is 11.9 Å². The Morgan fingerprint density at radius 1 is 1.08 bits per heavy atom. The molecule has 0 aromatic heterocycles. The van der Waals surface area contributed by atoms with Crippen LogP contribution in [-0.2, 0) is 19.7 Å². The molecule has 1 aliphatic rings. The molecule has 0 unspecified atom stereocenters. The summed E-state index contributed by atoms with van der Waals surface area (Å²) in [5, 5.41) is 13.1. The molecule has 1 fully saturated rings. The van der Waals surface area contributed by atoms with Crippen LogP contribution in [0.2, 0.25) is 0 Å². The summed E-state index contributed by atoms with van der Waals surface area (Å²) in [7, 11) is 0. The van der Waals surface area contributed by atoms with E-state index in [4.69, 9.17) is 4.74 Å². The van der Waals surface area contributed by atoms with Crippen molar-refractivity contribution in [3.8, 4) is 0 Å². The van der Waals surface area contributed by atoms with Crippen LogP contribution in [0.15, 0.2) is 54.6 Å². The summed E-state index contributed by atoms with van der Waals surface area (Å²) in [6.07, 6.45) is 1.42. The fraction of sp³-hybridized carbons (Fsp3) is 0.222. The first-order chi connectivity index (χ1) is 12.0. The van der Waals surface area contributed by atoms with Crippen LogP contribution >= 0.6 is 0 Å². The molecule has 0 aliphatic heterocycles. The highest BCUT2D eigenvalue weighted by molar-refractivity contribution is 5.94. The summed E-state index contributed by atoms with van der Waals surface area (Å²) in [6, 6.07) is 14.8. The zero-order valence-electron chi connectivity index (χ0n) is 13.3. The van der Waals surface area contributed by atoms with Crippen molar-refractivity contribution in [1.82, 2.24) is 0 Å². The van der Waals surface area contributed by atoms with Crippen LogP contribution in [0.25, 0.3) is 0 Å². The summed E-state index contributed by atoms with van der Waals surface area (Å²) in [5.74, 6) is -0.899. The minimum absolute atomic E-state index is 0.0667. The Hall–Kier alpha value is -3.22. The van der Waals surface area contributed by atoms with Crippen molar-refractivity contribution in [3.63, 3.8) is 0 Å². The Labute approximate surface area is 143 Å². The van der Waals surface area contributed by atoms with Gasteiger partial charge in [-0.2, -0.15) is 0 Å². The summed E-state index contributed by atoms with van der Waals surface area (Å²) >= 11 is 0. The molecular weight excluding hydrogens is 324 g/mol. The summed E-state index contributed by atoms with van der Waals surface area (Å²) in [5.41, 5.74) is 0.601. The standard InChI is InChI=1S/C18H16N2O5/c21-16(19-14-6-8-15(9-7-14)20(23)24)12-25-17(22)18(10-11-18)13-4-2-1-3-5-13/h1-9H,10-12H2,(H,19,21). The van der Waals surface area contributed by atoms with E-state index < -0.39 is 28.8 Å². The molecule has 1 aliphatic carbocycles. The SMILES string of the molecule is O=C(COC(=O)C1(c2ccccc2)CC1)Nc1ccc([N+](=O)[O-])cc1. The number of nitro groups is 1. The van der Waals surface area contributed by atoms with Gasteiger partial charge >= 0.3 is 5.97 Å². The number of anilines is 1. The molecule has 7 nitrogen and oxygen atoms in total. The lowest BCUT2D eigenvalue weighted by Gasteiger charge is -2.14. The van der Waals surface area contributed by atoms with Crippen LogP contribution in [0.1, 0.15) is 18.4 Å². The quantitative estimate of drug-likeness (QED) is 0.495. The lowest BCUT2D eigenvalue weighted by Crippen LogP contribution is -2.28. The largest absolute Gasteiger partial charge is 0.455 e. The first-order valence-corrected chi connectivity index (χ1v) is 7.78. The summed E-state index contributed by atoms with van der Waals surface area (Å²) < 4.78 is 5.16. The minimum atomic E-state index is -0.630. The van der Waals surface area contributed by atoms with E-state index in [2.05, 4.69) is 5.32 Å². The summed E-state index contributed by atoms with van der Waals surface area (Å²) in [6.45, 7) is -0.398. The van der Waals surface area contributed by atoms with Gasteiger partial charge in [0.1, 0.15) is 0 Å². The highest BCUT2D eigenvalue weighted by Crippen LogP contribution is 2.49. The van der Waals surface area contributed by atoms with Crippen molar-refractivity contribution in [1.29, 1.82) is 0 Å². The molecule has 0 atom stereocenters. The van der Waals surface area contributed by atoms with Crippen LogP contribution in [-0.4, -0.2) is 23.4 Å². The van der Waals surface area contributed by atoms with Gasteiger partial charge in [0, 0.05) is 17.8 Å². The highest BCUT2D eigenvalue weighted by Gasteiger charge is 2.52. The van der Waals surface area contributed by atoms with E-state index in [-0.39, 0.29) is 5.69 Å². The molecule has 1 saturated carbocycles. The van der Waals surface area contributed by atoms with Crippen molar-refractivity contribution in [2.45, 2.75) is 18.3 Å². The molecule has 0 radical (unpaired) electrons. The predicted molar refractivity (Wildman–Crippen MR) is 90.0 cm³/mol. The Kier molecular flexibility index (Phi) is 4.47. The number of hydrogen-bond acceptors (Lipinski definition) is 5. The smallest absolute Gasteiger partial charge is 0.317 e. The number of non-ortho nitro benzene ring substituents is 1. The van der Waals surface area contributed by atoms with E-state index in [1.165, 1.54) is 24.3 Å². The number of esters is 1. The monoisotopic (exact) mass is 340 g/mol. The van der Waals surface area contributed by atoms with Gasteiger partial charge in [-0.05, 0) is 30.5 Å². The Morgan fingerprint density at radius 3 is 2.28 bits per heavy atom. The molecule has 1 amide bonds. The van der Waals surface area contributed by atoms with Gasteiger partial charge in [-0.15, -0.1) is 0 Å². The first kappa shape index (κ1) is 16.6. The minimum Gasteiger partial charge on any atom is -0.455 e. The number of carbonyl (C=O) groups excluding carboxylic acids is 2. The third kappa shape index (κ3) is 3.65. The number of carbonyl (C=O) groups is 2. The average Bonchev–Trinajstić information content (AvgIpc) is 3.43. The lowest BCUT2D eigenvalue weighted by atomic mass is 9.96. The molecule has 7 heteroatoms. The van der Waals surface area contributed by atoms with Crippen molar-refractivity contribution in [2.24, 2.45) is 0 Å². The fourth-order valence-electron chi connectivity index (χ4n) is 2.63. The Morgan fingerprint density at radius 2 is 1.72 bits per heavy atom. The number of hydrogen-bond donors (Lipinski definition) is 1. The van der Waals surface area contributed by atoms with Crippen LogP contribution in [0.5, 0.6) is 0 Å².